The number of para-hydroxylation sites is 1. The number of imidazole rings is 1. The fourth-order valence-electron chi connectivity index (χ4n) is 7.69. The zero-order valence-electron chi connectivity index (χ0n) is 31.8. The Morgan fingerprint density at radius 3 is 2.56 bits per heavy atom. The number of piperidine rings is 1. The zero-order valence-corrected chi connectivity index (χ0v) is 32.8. The molecule has 3 aliphatic heterocycles. The highest BCUT2D eigenvalue weighted by Gasteiger charge is 2.43. The lowest BCUT2D eigenvalue weighted by Gasteiger charge is -2.33. The Morgan fingerprint density at radius 1 is 1.02 bits per heavy atom. The summed E-state index contributed by atoms with van der Waals surface area (Å²) < 4.78 is 44.1. The van der Waals surface area contributed by atoms with Crippen molar-refractivity contribution in [2.45, 2.75) is 96.4 Å². The fourth-order valence-corrected chi connectivity index (χ4v) is 8.45. The van der Waals surface area contributed by atoms with E-state index in [4.69, 9.17) is 23.9 Å². The molecule has 11 nitrogen and oxygen atoms in total. The lowest BCUT2D eigenvalue weighted by Crippen LogP contribution is -2.35. The van der Waals surface area contributed by atoms with Crippen LogP contribution in [0.2, 0.25) is 25.7 Å². The highest BCUT2D eigenvalue weighted by atomic mass is 28.3. The largest absolute Gasteiger partial charge is 0.444 e. The third-order valence-electron chi connectivity index (χ3n) is 11.0. The SMILES string of the molecule is Cc1nnc(-c2ccc3c(c2)nc(CN2CCC(c4cccc5c4O[C@@](C)(c4ccc(C#N)cc4F)O5)CC2)n3C[C@@H]2CCO2)n1COCC[Si](C)(C)C. The third-order valence-corrected chi connectivity index (χ3v) is 12.7. The van der Waals surface area contributed by atoms with Crippen LogP contribution in [0.25, 0.3) is 22.4 Å². The van der Waals surface area contributed by atoms with Crippen LogP contribution in [0, 0.1) is 24.1 Å². The standard InChI is InChI=1S/C41H48FN7O4Si/c1-27-45-46-40(49(27)26-50-19-20-54(3,4)5)30-10-12-36-35(22-30)44-38(48(36)24-31-15-18-51-31)25-47-16-13-29(14-17-47)32-7-6-8-37-39(32)53-41(2,52-37)33-11-9-28(23-43)21-34(33)42/h6-12,21-22,29,31H,13-20,24-26H2,1-5H3/t31-,41-/m0/s1. The molecule has 3 aromatic carbocycles. The maximum absolute atomic E-state index is 15.1. The normalized spacial score (nSPS) is 20.4. The van der Waals surface area contributed by atoms with E-state index in [0.29, 0.717) is 18.2 Å². The minimum absolute atomic E-state index is 0.191. The molecular weight excluding hydrogens is 702 g/mol. The summed E-state index contributed by atoms with van der Waals surface area (Å²) in [6, 6.07) is 19.8. The molecule has 282 valence electrons. The second-order valence-corrected chi connectivity index (χ2v) is 21.8. The zero-order chi connectivity index (χ0) is 37.6. The number of likely N-dealkylation sites (tertiary alicyclic amines) is 1. The van der Waals surface area contributed by atoms with Gasteiger partial charge in [0.25, 0.3) is 5.79 Å². The molecule has 2 fully saturated rings. The molecule has 2 aromatic heterocycles. The monoisotopic (exact) mass is 749 g/mol. The van der Waals surface area contributed by atoms with Crippen molar-refractivity contribution in [3.05, 3.63) is 88.8 Å². The molecule has 2 saturated heterocycles. The maximum Gasteiger partial charge on any atom is 0.278 e. The minimum Gasteiger partial charge on any atom is -0.444 e. The van der Waals surface area contributed by atoms with Crippen LogP contribution in [0.4, 0.5) is 4.39 Å². The fraction of sp³-hybridized carbons (Fsp3) is 0.463. The van der Waals surface area contributed by atoms with Crippen LogP contribution in [-0.2, 0) is 35.1 Å². The van der Waals surface area contributed by atoms with E-state index < -0.39 is 19.7 Å². The average Bonchev–Trinajstić information content (AvgIpc) is 3.79. The molecule has 0 amide bonds. The van der Waals surface area contributed by atoms with Crippen LogP contribution >= 0.6 is 0 Å². The molecule has 0 N–H and O–H groups in total. The van der Waals surface area contributed by atoms with Gasteiger partial charge < -0.3 is 23.5 Å². The molecule has 0 saturated carbocycles. The number of rotatable bonds is 12. The second kappa shape index (κ2) is 14.6. The summed E-state index contributed by atoms with van der Waals surface area (Å²) in [7, 11) is -1.19. The number of nitrogens with zero attached hydrogens (tertiary/aromatic N) is 7. The van der Waals surface area contributed by atoms with Gasteiger partial charge in [0.05, 0.1) is 47.4 Å². The van der Waals surface area contributed by atoms with Crippen LogP contribution in [0.5, 0.6) is 11.5 Å². The summed E-state index contributed by atoms with van der Waals surface area (Å²) in [5.41, 5.74) is 4.59. The molecule has 3 aliphatic rings. The molecular formula is C41H48FN7O4Si. The Balaban J connectivity index is 0.978. The van der Waals surface area contributed by atoms with Crippen molar-refractivity contribution in [2.24, 2.45) is 0 Å². The Hall–Kier alpha value is -4.61. The molecule has 54 heavy (non-hydrogen) atoms. The predicted molar refractivity (Wildman–Crippen MR) is 205 cm³/mol. The Labute approximate surface area is 316 Å². The summed E-state index contributed by atoms with van der Waals surface area (Å²) in [5, 5.41) is 18.1. The predicted octanol–water partition coefficient (Wildman–Crippen LogP) is 7.74. The van der Waals surface area contributed by atoms with Gasteiger partial charge in [-0.1, -0.05) is 31.8 Å². The number of hydrogen-bond acceptors (Lipinski definition) is 9. The van der Waals surface area contributed by atoms with E-state index in [1.54, 1.807) is 19.1 Å². The van der Waals surface area contributed by atoms with Crippen molar-refractivity contribution >= 4 is 19.1 Å². The van der Waals surface area contributed by atoms with E-state index in [1.165, 1.54) is 6.07 Å². The van der Waals surface area contributed by atoms with Gasteiger partial charge in [-0.25, -0.2) is 9.37 Å². The number of benzene rings is 3. The first-order valence-corrected chi connectivity index (χ1v) is 22.7. The Morgan fingerprint density at radius 2 is 1.83 bits per heavy atom. The molecule has 8 rings (SSSR count). The van der Waals surface area contributed by atoms with Crippen LogP contribution < -0.4 is 9.47 Å². The van der Waals surface area contributed by atoms with E-state index in [9.17, 15) is 5.26 Å². The summed E-state index contributed by atoms with van der Waals surface area (Å²) >= 11 is 0. The van der Waals surface area contributed by atoms with Crippen LogP contribution in [0.15, 0.2) is 54.6 Å². The molecule has 0 bridgehead atoms. The van der Waals surface area contributed by atoms with Gasteiger partial charge >= 0.3 is 0 Å². The quantitative estimate of drug-likeness (QED) is 0.0934. The van der Waals surface area contributed by atoms with Gasteiger partial charge in [-0.15, -0.1) is 10.2 Å². The Kier molecular flexibility index (Phi) is 9.81. The number of ether oxygens (including phenoxy) is 4. The van der Waals surface area contributed by atoms with Gasteiger partial charge in [-0.3, -0.25) is 9.47 Å². The van der Waals surface area contributed by atoms with E-state index in [2.05, 4.69) is 63.6 Å². The first-order chi connectivity index (χ1) is 26.0. The van der Waals surface area contributed by atoms with Crippen molar-refractivity contribution in [3.8, 4) is 29.0 Å². The first-order valence-electron chi connectivity index (χ1n) is 19.0. The molecule has 13 heteroatoms. The van der Waals surface area contributed by atoms with Crippen LogP contribution in [0.3, 0.4) is 0 Å². The third kappa shape index (κ3) is 7.28. The van der Waals surface area contributed by atoms with Gasteiger partial charge in [0, 0.05) is 39.3 Å². The van der Waals surface area contributed by atoms with Gasteiger partial charge in [0.15, 0.2) is 17.3 Å². The topological polar surface area (TPSA) is 112 Å². The number of fused-ring (bicyclic) bond motifs is 2. The second-order valence-electron chi connectivity index (χ2n) is 16.2. The maximum atomic E-state index is 15.1. The molecule has 2 atom stereocenters. The average molecular weight is 750 g/mol. The molecule has 0 unspecified atom stereocenters. The van der Waals surface area contributed by atoms with Gasteiger partial charge in [0.1, 0.15) is 24.2 Å². The Bertz CT molecular complexity index is 2210. The van der Waals surface area contributed by atoms with Crippen LogP contribution in [-0.4, -0.2) is 69.7 Å². The smallest absolute Gasteiger partial charge is 0.278 e. The summed E-state index contributed by atoms with van der Waals surface area (Å²) in [6.07, 6.45) is 3.11. The van der Waals surface area contributed by atoms with E-state index in [1.807, 2.05) is 29.7 Å². The van der Waals surface area contributed by atoms with Crippen molar-refractivity contribution in [2.75, 3.05) is 26.3 Å². The summed E-state index contributed by atoms with van der Waals surface area (Å²) in [4.78, 5) is 7.70. The van der Waals surface area contributed by atoms with Crippen molar-refractivity contribution in [3.63, 3.8) is 0 Å². The minimum atomic E-state index is -1.32. The highest BCUT2D eigenvalue weighted by molar-refractivity contribution is 6.76. The number of hydrogen-bond donors (Lipinski definition) is 0. The number of nitriles is 1. The van der Waals surface area contributed by atoms with Crippen molar-refractivity contribution in [1.29, 1.82) is 5.26 Å². The van der Waals surface area contributed by atoms with E-state index in [0.717, 1.165) is 104 Å². The highest BCUT2D eigenvalue weighted by Crippen LogP contribution is 2.50. The molecule has 5 heterocycles. The van der Waals surface area contributed by atoms with E-state index in [-0.39, 0.29) is 23.1 Å². The number of aromatic nitrogens is 5. The molecule has 5 aromatic rings. The van der Waals surface area contributed by atoms with Crippen molar-refractivity contribution in [1.82, 2.24) is 29.2 Å². The van der Waals surface area contributed by atoms with Gasteiger partial charge in [0.2, 0.25) is 0 Å². The lowest BCUT2D eigenvalue weighted by atomic mass is 9.88. The summed E-state index contributed by atoms with van der Waals surface area (Å²) in [6.45, 7) is 16.0. The van der Waals surface area contributed by atoms with E-state index >= 15 is 4.39 Å². The first kappa shape index (κ1) is 36.4. The van der Waals surface area contributed by atoms with Crippen LogP contribution in [0.1, 0.15) is 60.4 Å². The number of aryl methyl sites for hydroxylation is 1. The number of halogens is 1. The summed E-state index contributed by atoms with van der Waals surface area (Å²) in [5.74, 6) is 2.33. The molecule has 0 radical (unpaired) electrons. The lowest BCUT2D eigenvalue weighted by molar-refractivity contribution is -0.0712. The molecule has 0 aliphatic carbocycles. The van der Waals surface area contributed by atoms with Gasteiger partial charge in [-0.2, -0.15) is 5.26 Å². The molecule has 0 spiro atoms. The van der Waals surface area contributed by atoms with Crippen molar-refractivity contribution < 1.29 is 23.3 Å². The van der Waals surface area contributed by atoms with Gasteiger partial charge in [-0.05, 0) is 93.7 Å².